The lowest BCUT2D eigenvalue weighted by atomic mass is 10.1. The van der Waals surface area contributed by atoms with Gasteiger partial charge in [-0.1, -0.05) is 36.5 Å². The van der Waals surface area contributed by atoms with Gasteiger partial charge in [0.15, 0.2) is 15.0 Å². The van der Waals surface area contributed by atoms with E-state index in [9.17, 15) is 13.2 Å². The minimum absolute atomic E-state index is 0.0517. The first-order chi connectivity index (χ1) is 16.4. The number of fused-ring (bicyclic) bond motifs is 1. The number of hydrogen-bond acceptors (Lipinski definition) is 8. The molecule has 3 aromatic rings. The van der Waals surface area contributed by atoms with Gasteiger partial charge in [-0.25, -0.2) is 13.4 Å². The topological polar surface area (TPSA) is 79.8 Å². The normalized spacial score (nSPS) is 15.0. The monoisotopic (exact) mass is 519 g/mol. The average Bonchev–Trinajstić information content (AvgIpc) is 3.29. The van der Waals surface area contributed by atoms with Crippen LogP contribution >= 0.6 is 23.1 Å². The van der Waals surface area contributed by atoms with Crippen LogP contribution in [0.15, 0.2) is 52.3 Å². The molecule has 2 aromatic carbocycles. The number of benzene rings is 2. The van der Waals surface area contributed by atoms with Crippen LogP contribution in [0.1, 0.15) is 12.5 Å². The molecule has 0 spiro atoms. The Hall–Kier alpha value is -1.98. The summed E-state index contributed by atoms with van der Waals surface area (Å²) in [6.07, 6.45) is 2.21. The number of morpholine rings is 1. The fourth-order valence-corrected chi connectivity index (χ4v) is 6.38. The average molecular weight is 520 g/mol. The van der Waals surface area contributed by atoms with Crippen molar-refractivity contribution in [3.8, 4) is 0 Å². The standard InChI is InChI=1S/C24H29N3O4S3/c1-3-34(29,30)19-9-7-18(8-10-19)17-22(28)27(12-11-26-13-15-31-16-14-26)24-25-23-20(32-2)5-4-6-21(23)33-24/h4-10H,3,11-17H2,1-2H3. The molecule has 0 saturated carbocycles. The van der Waals surface area contributed by atoms with Crippen LogP contribution in [0.4, 0.5) is 5.13 Å². The van der Waals surface area contributed by atoms with Gasteiger partial charge in [-0.2, -0.15) is 0 Å². The summed E-state index contributed by atoms with van der Waals surface area (Å²) >= 11 is 3.17. The summed E-state index contributed by atoms with van der Waals surface area (Å²) in [5.41, 5.74) is 1.70. The van der Waals surface area contributed by atoms with Crippen molar-refractivity contribution in [2.45, 2.75) is 23.1 Å². The molecule has 1 fully saturated rings. The Bertz CT molecular complexity index is 1240. The van der Waals surface area contributed by atoms with Crippen molar-refractivity contribution in [2.24, 2.45) is 0 Å². The predicted molar refractivity (Wildman–Crippen MR) is 139 cm³/mol. The summed E-state index contributed by atoms with van der Waals surface area (Å²) in [5.74, 6) is 0.0000762. The van der Waals surface area contributed by atoms with E-state index in [0.717, 1.165) is 40.3 Å². The molecular formula is C24H29N3O4S3. The molecule has 0 aliphatic carbocycles. The molecule has 1 saturated heterocycles. The zero-order valence-corrected chi connectivity index (χ0v) is 21.8. The molecule has 1 amide bonds. The van der Waals surface area contributed by atoms with E-state index in [0.29, 0.717) is 24.9 Å². The molecule has 2 heterocycles. The van der Waals surface area contributed by atoms with Gasteiger partial charge in [-0.15, -0.1) is 11.8 Å². The number of sulfone groups is 1. The Morgan fingerprint density at radius 3 is 2.59 bits per heavy atom. The molecule has 7 nitrogen and oxygen atoms in total. The lowest BCUT2D eigenvalue weighted by molar-refractivity contribution is -0.118. The smallest absolute Gasteiger partial charge is 0.233 e. The summed E-state index contributed by atoms with van der Waals surface area (Å²) in [4.78, 5) is 23.8. The first kappa shape index (κ1) is 25.1. The van der Waals surface area contributed by atoms with Crippen LogP contribution in [-0.4, -0.2) is 75.6 Å². The third-order valence-corrected chi connectivity index (χ3v) is 9.45. The van der Waals surface area contributed by atoms with Crippen LogP contribution in [-0.2, 0) is 25.8 Å². The number of nitrogens with zero attached hydrogens (tertiary/aromatic N) is 3. The van der Waals surface area contributed by atoms with Gasteiger partial charge in [-0.05, 0) is 36.1 Å². The van der Waals surface area contributed by atoms with E-state index >= 15 is 0 Å². The quantitative estimate of drug-likeness (QED) is 0.399. The van der Waals surface area contributed by atoms with Gasteiger partial charge in [0.25, 0.3) is 0 Å². The predicted octanol–water partition coefficient (Wildman–Crippen LogP) is 3.72. The van der Waals surface area contributed by atoms with Gasteiger partial charge >= 0.3 is 0 Å². The first-order valence-corrected chi connectivity index (χ1v) is 15.0. The first-order valence-electron chi connectivity index (χ1n) is 11.3. The maximum atomic E-state index is 13.5. The highest BCUT2D eigenvalue weighted by molar-refractivity contribution is 7.98. The van der Waals surface area contributed by atoms with Crippen LogP contribution in [0.5, 0.6) is 0 Å². The second-order valence-corrected chi connectivity index (χ2v) is 12.2. The number of thioether (sulfide) groups is 1. The lowest BCUT2D eigenvalue weighted by Gasteiger charge is -2.29. The number of carbonyl (C=O) groups excluding carboxylic acids is 1. The Morgan fingerprint density at radius 1 is 1.18 bits per heavy atom. The molecule has 1 aromatic heterocycles. The summed E-state index contributed by atoms with van der Waals surface area (Å²) in [6.45, 7) is 6.03. The molecule has 0 atom stereocenters. The SMILES string of the molecule is CCS(=O)(=O)c1ccc(CC(=O)N(CCN2CCOCC2)c2nc3c(SC)cccc3s2)cc1. The molecule has 10 heteroatoms. The fourth-order valence-electron chi connectivity index (χ4n) is 3.84. The summed E-state index contributed by atoms with van der Waals surface area (Å²) < 4.78 is 30.7. The highest BCUT2D eigenvalue weighted by atomic mass is 32.2. The number of hydrogen-bond donors (Lipinski definition) is 0. The Labute approximate surface area is 209 Å². The molecule has 4 rings (SSSR count). The van der Waals surface area contributed by atoms with Gasteiger partial charge in [0.1, 0.15) is 0 Å². The minimum Gasteiger partial charge on any atom is -0.379 e. The van der Waals surface area contributed by atoms with Crippen LogP contribution in [0.3, 0.4) is 0 Å². The van der Waals surface area contributed by atoms with E-state index in [2.05, 4.69) is 4.90 Å². The zero-order valence-electron chi connectivity index (χ0n) is 19.4. The summed E-state index contributed by atoms with van der Waals surface area (Å²) in [6, 6.07) is 12.7. The van der Waals surface area contributed by atoms with Gasteiger partial charge in [0, 0.05) is 31.1 Å². The van der Waals surface area contributed by atoms with Gasteiger partial charge in [0.05, 0.1) is 40.5 Å². The van der Waals surface area contributed by atoms with E-state index in [1.807, 2.05) is 24.5 Å². The maximum absolute atomic E-state index is 13.5. The van der Waals surface area contributed by atoms with Crippen molar-refractivity contribution in [2.75, 3.05) is 56.3 Å². The van der Waals surface area contributed by atoms with Gasteiger partial charge in [0.2, 0.25) is 5.91 Å². The molecule has 0 radical (unpaired) electrons. The zero-order chi connectivity index (χ0) is 24.1. The largest absolute Gasteiger partial charge is 0.379 e. The van der Waals surface area contributed by atoms with E-state index in [-0.39, 0.29) is 23.0 Å². The second-order valence-electron chi connectivity index (χ2n) is 8.03. The van der Waals surface area contributed by atoms with Gasteiger partial charge in [-0.3, -0.25) is 14.6 Å². The highest BCUT2D eigenvalue weighted by Gasteiger charge is 2.23. The van der Waals surface area contributed by atoms with Crippen LogP contribution < -0.4 is 4.90 Å². The van der Waals surface area contributed by atoms with Crippen molar-refractivity contribution in [3.05, 3.63) is 48.0 Å². The lowest BCUT2D eigenvalue weighted by Crippen LogP contribution is -2.43. The third-order valence-electron chi connectivity index (χ3n) is 5.88. The van der Waals surface area contributed by atoms with Crippen LogP contribution in [0, 0.1) is 0 Å². The summed E-state index contributed by atoms with van der Waals surface area (Å²) in [7, 11) is -3.27. The highest BCUT2D eigenvalue weighted by Crippen LogP contribution is 2.34. The van der Waals surface area contributed by atoms with Gasteiger partial charge < -0.3 is 4.74 Å². The van der Waals surface area contributed by atoms with E-state index < -0.39 is 9.84 Å². The second kappa shape index (κ2) is 11.2. The number of amides is 1. The number of aromatic nitrogens is 1. The Kier molecular flexibility index (Phi) is 8.26. The Balaban J connectivity index is 1.57. The van der Waals surface area contributed by atoms with Crippen LogP contribution in [0.25, 0.3) is 10.2 Å². The van der Waals surface area contributed by atoms with Crippen molar-refractivity contribution < 1.29 is 17.9 Å². The summed E-state index contributed by atoms with van der Waals surface area (Å²) in [5, 5.41) is 0.694. The number of para-hydroxylation sites is 1. The van der Waals surface area contributed by atoms with E-state index in [1.54, 1.807) is 47.9 Å². The number of anilines is 1. The molecule has 0 unspecified atom stereocenters. The van der Waals surface area contributed by atoms with Crippen molar-refractivity contribution in [1.29, 1.82) is 0 Å². The third kappa shape index (κ3) is 5.80. The molecule has 0 bridgehead atoms. The van der Waals surface area contributed by atoms with Crippen molar-refractivity contribution in [1.82, 2.24) is 9.88 Å². The number of thiazole rings is 1. The van der Waals surface area contributed by atoms with Crippen molar-refractivity contribution in [3.63, 3.8) is 0 Å². The van der Waals surface area contributed by atoms with E-state index in [4.69, 9.17) is 9.72 Å². The fraction of sp³-hybridized carbons (Fsp3) is 0.417. The van der Waals surface area contributed by atoms with E-state index in [1.165, 1.54) is 11.3 Å². The number of ether oxygens (including phenoxy) is 1. The molecule has 182 valence electrons. The Morgan fingerprint density at radius 2 is 1.91 bits per heavy atom. The number of rotatable bonds is 9. The molecule has 1 aliphatic rings. The molecule has 0 N–H and O–H groups in total. The van der Waals surface area contributed by atoms with Crippen molar-refractivity contribution >= 4 is 54.2 Å². The molecular weight excluding hydrogens is 490 g/mol. The minimum atomic E-state index is -3.27. The molecule has 34 heavy (non-hydrogen) atoms. The molecule has 1 aliphatic heterocycles. The maximum Gasteiger partial charge on any atom is 0.233 e. The van der Waals surface area contributed by atoms with Crippen LogP contribution in [0.2, 0.25) is 0 Å². The number of carbonyl (C=O) groups is 1.